The van der Waals surface area contributed by atoms with Crippen molar-refractivity contribution in [2.75, 3.05) is 13.2 Å². The molecule has 3 aromatic rings. The van der Waals surface area contributed by atoms with Crippen molar-refractivity contribution in [2.24, 2.45) is 5.73 Å². The van der Waals surface area contributed by atoms with Crippen LogP contribution in [0.1, 0.15) is 17.9 Å². The zero-order chi connectivity index (χ0) is 24.8. The lowest BCUT2D eigenvalue weighted by molar-refractivity contribution is -0.142. The monoisotopic (exact) mass is 469 g/mol. The topological polar surface area (TPSA) is 131 Å². The van der Waals surface area contributed by atoms with Crippen LogP contribution in [-0.4, -0.2) is 45.4 Å². The molecule has 174 valence electrons. The number of hydrogen-bond acceptors (Lipinski definition) is 9. The lowest BCUT2D eigenvalue weighted by atomic mass is 9.84. The third-order valence-electron chi connectivity index (χ3n) is 5.21. The minimum absolute atomic E-state index is 0.0231. The number of tetrazole rings is 1. The van der Waals surface area contributed by atoms with Gasteiger partial charge in [-0.25, -0.2) is 9.48 Å². The standard InChI is InChI=1S/C25H19N5O5/c1-3-10-33-22(31)14-20-19-13-17(16-6-5-7-18(12-16)30-15-27-28-29-30)8-9-21(19)35-24(26)23(20)25(32)34-11-4-2/h1-2,5-9,12-13,15,20H,10-11,14,26H2. The molecule has 0 fully saturated rings. The second kappa shape index (κ2) is 10.2. The summed E-state index contributed by atoms with van der Waals surface area (Å²) >= 11 is 0. The maximum Gasteiger partial charge on any atom is 0.341 e. The molecule has 35 heavy (non-hydrogen) atoms. The predicted octanol–water partition coefficient (Wildman–Crippen LogP) is 1.72. The highest BCUT2D eigenvalue weighted by Gasteiger charge is 2.36. The highest BCUT2D eigenvalue weighted by molar-refractivity contribution is 5.93. The van der Waals surface area contributed by atoms with E-state index in [1.54, 1.807) is 6.07 Å². The summed E-state index contributed by atoms with van der Waals surface area (Å²) < 4.78 is 17.4. The molecule has 0 bridgehead atoms. The van der Waals surface area contributed by atoms with Gasteiger partial charge in [-0.3, -0.25) is 4.79 Å². The predicted molar refractivity (Wildman–Crippen MR) is 123 cm³/mol. The summed E-state index contributed by atoms with van der Waals surface area (Å²) in [5, 5.41) is 11.2. The number of hydrogen-bond donors (Lipinski definition) is 1. The van der Waals surface area contributed by atoms with Crippen LogP contribution in [0.25, 0.3) is 16.8 Å². The Bertz CT molecular complexity index is 1380. The Morgan fingerprint density at radius 1 is 1.09 bits per heavy atom. The van der Waals surface area contributed by atoms with E-state index in [0.717, 1.165) is 16.8 Å². The minimum atomic E-state index is -0.808. The molecule has 1 aliphatic rings. The average Bonchev–Trinajstić information content (AvgIpc) is 3.41. The van der Waals surface area contributed by atoms with E-state index in [9.17, 15) is 9.59 Å². The number of terminal acetylenes is 2. The third kappa shape index (κ3) is 4.97. The normalized spacial score (nSPS) is 14.2. The molecule has 2 aromatic carbocycles. The molecule has 2 N–H and O–H groups in total. The molecule has 2 heterocycles. The first kappa shape index (κ1) is 23.1. The van der Waals surface area contributed by atoms with E-state index >= 15 is 0 Å². The summed E-state index contributed by atoms with van der Waals surface area (Å²) in [4.78, 5) is 25.2. The number of carbonyl (C=O) groups excluding carboxylic acids is 2. The number of ether oxygens (including phenoxy) is 3. The second-order valence-corrected chi connectivity index (χ2v) is 7.34. The van der Waals surface area contributed by atoms with Gasteiger partial charge in [0.15, 0.2) is 13.2 Å². The summed E-state index contributed by atoms with van der Waals surface area (Å²) in [5.41, 5.74) is 8.97. The van der Waals surface area contributed by atoms with Crippen molar-refractivity contribution in [3.05, 3.63) is 65.8 Å². The van der Waals surface area contributed by atoms with Crippen molar-refractivity contribution in [2.45, 2.75) is 12.3 Å². The summed E-state index contributed by atoms with van der Waals surface area (Å²) in [5.74, 6) is 2.48. The van der Waals surface area contributed by atoms with E-state index in [1.165, 1.54) is 11.0 Å². The number of nitrogens with zero attached hydrogens (tertiary/aromatic N) is 4. The Morgan fingerprint density at radius 3 is 2.60 bits per heavy atom. The van der Waals surface area contributed by atoms with Crippen molar-refractivity contribution in [1.29, 1.82) is 0 Å². The number of benzene rings is 2. The highest BCUT2D eigenvalue weighted by atomic mass is 16.5. The zero-order valence-electron chi connectivity index (χ0n) is 18.4. The van der Waals surface area contributed by atoms with Crippen LogP contribution in [0.4, 0.5) is 0 Å². The number of aromatic nitrogens is 4. The van der Waals surface area contributed by atoms with Gasteiger partial charge in [0.1, 0.15) is 17.6 Å². The maximum absolute atomic E-state index is 12.8. The molecule has 0 saturated heterocycles. The molecule has 0 aliphatic carbocycles. The Labute approximate surface area is 200 Å². The number of fused-ring (bicyclic) bond motifs is 1. The fraction of sp³-hybridized carbons (Fsp3) is 0.160. The van der Waals surface area contributed by atoms with Gasteiger partial charge in [-0.15, -0.1) is 17.9 Å². The molecular weight excluding hydrogens is 450 g/mol. The fourth-order valence-electron chi connectivity index (χ4n) is 3.69. The van der Waals surface area contributed by atoms with Crippen LogP contribution < -0.4 is 10.5 Å². The molecule has 0 amide bonds. The van der Waals surface area contributed by atoms with Gasteiger partial charge in [0, 0.05) is 11.5 Å². The minimum Gasteiger partial charge on any atom is -0.452 e. The van der Waals surface area contributed by atoms with E-state index < -0.39 is 17.9 Å². The molecule has 1 aromatic heterocycles. The van der Waals surface area contributed by atoms with Gasteiger partial charge in [-0.2, -0.15) is 0 Å². The second-order valence-electron chi connectivity index (χ2n) is 7.34. The first-order valence-corrected chi connectivity index (χ1v) is 10.4. The molecule has 4 rings (SSSR count). The van der Waals surface area contributed by atoms with Crippen molar-refractivity contribution in [1.82, 2.24) is 20.2 Å². The van der Waals surface area contributed by atoms with Crippen LogP contribution in [0.15, 0.2) is 60.2 Å². The van der Waals surface area contributed by atoms with E-state index in [0.29, 0.717) is 11.3 Å². The number of carbonyl (C=O) groups is 2. The molecule has 10 nitrogen and oxygen atoms in total. The Balaban J connectivity index is 1.75. The molecule has 1 atom stereocenters. The van der Waals surface area contributed by atoms with Crippen LogP contribution in [0.2, 0.25) is 0 Å². The summed E-state index contributed by atoms with van der Waals surface area (Å²) in [6, 6.07) is 12.9. The molecule has 0 spiro atoms. The quantitative estimate of drug-likeness (QED) is 0.406. The van der Waals surface area contributed by atoms with Crippen LogP contribution in [0.5, 0.6) is 5.75 Å². The summed E-state index contributed by atoms with van der Waals surface area (Å²) in [7, 11) is 0. The van der Waals surface area contributed by atoms with Gasteiger partial charge in [0.2, 0.25) is 5.88 Å². The van der Waals surface area contributed by atoms with Crippen LogP contribution >= 0.6 is 0 Å². The maximum atomic E-state index is 12.8. The molecule has 0 saturated carbocycles. The van der Waals surface area contributed by atoms with Gasteiger partial charge in [0.25, 0.3) is 0 Å². The van der Waals surface area contributed by atoms with Gasteiger partial charge in [-0.05, 0) is 45.8 Å². The average molecular weight is 469 g/mol. The van der Waals surface area contributed by atoms with Crippen molar-refractivity contribution in [3.63, 3.8) is 0 Å². The Kier molecular flexibility index (Phi) is 6.75. The fourth-order valence-corrected chi connectivity index (χ4v) is 3.69. The van der Waals surface area contributed by atoms with Gasteiger partial charge in [-0.1, -0.05) is 30.0 Å². The van der Waals surface area contributed by atoms with E-state index in [-0.39, 0.29) is 31.1 Å². The highest BCUT2D eigenvalue weighted by Crippen LogP contribution is 2.42. The van der Waals surface area contributed by atoms with E-state index in [4.69, 9.17) is 32.8 Å². The SMILES string of the molecule is C#CCOC(=O)CC1C(C(=O)OCC#C)=C(N)Oc2ccc(-c3cccc(-n4cnnn4)c3)cc21. The Hall–Kier alpha value is -5.09. The molecule has 0 radical (unpaired) electrons. The Morgan fingerprint density at radius 2 is 1.86 bits per heavy atom. The molecular formula is C25H19N5O5. The van der Waals surface area contributed by atoms with E-state index in [1.807, 2.05) is 36.4 Å². The van der Waals surface area contributed by atoms with Gasteiger partial charge >= 0.3 is 11.9 Å². The smallest absolute Gasteiger partial charge is 0.341 e. The lowest BCUT2D eigenvalue weighted by Gasteiger charge is -2.28. The molecule has 10 heteroatoms. The van der Waals surface area contributed by atoms with Crippen LogP contribution in [0.3, 0.4) is 0 Å². The summed E-state index contributed by atoms with van der Waals surface area (Å²) in [6.45, 7) is -0.463. The van der Waals surface area contributed by atoms with E-state index in [2.05, 4.69) is 27.4 Å². The van der Waals surface area contributed by atoms with Gasteiger partial charge in [0.05, 0.1) is 12.1 Å². The van der Waals surface area contributed by atoms with Crippen molar-refractivity contribution < 1.29 is 23.8 Å². The first-order valence-electron chi connectivity index (χ1n) is 10.4. The molecule has 1 aliphatic heterocycles. The largest absolute Gasteiger partial charge is 0.452 e. The number of esters is 2. The number of nitrogens with two attached hydrogens (primary N) is 1. The zero-order valence-corrected chi connectivity index (χ0v) is 18.4. The number of rotatable bonds is 7. The third-order valence-corrected chi connectivity index (χ3v) is 5.21. The first-order chi connectivity index (χ1) is 17.0. The molecule has 1 unspecified atom stereocenters. The van der Waals surface area contributed by atoms with Gasteiger partial charge < -0.3 is 19.9 Å². The van der Waals surface area contributed by atoms with Crippen LogP contribution in [0, 0.1) is 24.7 Å². The van der Waals surface area contributed by atoms with Crippen molar-refractivity contribution >= 4 is 11.9 Å². The summed E-state index contributed by atoms with van der Waals surface area (Å²) in [6.07, 6.45) is 11.7. The van der Waals surface area contributed by atoms with Crippen LogP contribution in [-0.2, 0) is 19.1 Å². The van der Waals surface area contributed by atoms with Crippen molar-refractivity contribution in [3.8, 4) is 47.3 Å². The lowest BCUT2D eigenvalue weighted by Crippen LogP contribution is -2.28.